The quantitative estimate of drug-likeness (QED) is 0.223. The molecule has 1 aliphatic rings. The molecule has 0 heterocycles. The minimum Gasteiger partial charge on any atom is -0.464 e. The first kappa shape index (κ1) is 24.5. The van der Waals surface area contributed by atoms with E-state index in [1.807, 2.05) is 11.8 Å². The lowest BCUT2D eigenvalue weighted by molar-refractivity contribution is -0.144. The molecule has 9 heteroatoms. The molecule has 27 heavy (non-hydrogen) atoms. The lowest BCUT2D eigenvalue weighted by Gasteiger charge is -2.11. The molecular formula is C18H34NO6PS. The van der Waals surface area contributed by atoms with E-state index >= 15 is 0 Å². The molecule has 7 nitrogen and oxygen atoms in total. The highest BCUT2D eigenvalue weighted by Crippen LogP contribution is 2.50. The molecule has 0 radical (unpaired) electrons. The zero-order valence-electron chi connectivity index (χ0n) is 16.5. The van der Waals surface area contributed by atoms with Crippen LogP contribution in [0.3, 0.4) is 0 Å². The molecule has 0 spiro atoms. The van der Waals surface area contributed by atoms with Crippen LogP contribution in [0.15, 0.2) is 0 Å². The Hall–Kier alpha value is -0.560. The van der Waals surface area contributed by atoms with Crippen molar-refractivity contribution in [3.63, 3.8) is 0 Å². The third-order valence-electron chi connectivity index (χ3n) is 4.59. The van der Waals surface area contributed by atoms with Crippen LogP contribution in [-0.4, -0.2) is 54.2 Å². The summed E-state index contributed by atoms with van der Waals surface area (Å²) in [5, 5.41) is 2.79. The van der Waals surface area contributed by atoms with Gasteiger partial charge in [-0.1, -0.05) is 19.3 Å². The molecule has 0 bridgehead atoms. The van der Waals surface area contributed by atoms with E-state index in [1.165, 1.54) is 19.5 Å². The Bertz CT molecular complexity index is 506. The van der Waals surface area contributed by atoms with Crippen LogP contribution in [0.25, 0.3) is 0 Å². The van der Waals surface area contributed by atoms with Gasteiger partial charge in [-0.25, -0.2) is 0 Å². The monoisotopic (exact) mass is 423 g/mol. The Morgan fingerprint density at radius 1 is 1.11 bits per heavy atom. The van der Waals surface area contributed by atoms with Gasteiger partial charge in [-0.05, 0) is 38.4 Å². The molecule has 0 aliphatic heterocycles. The highest BCUT2D eigenvalue weighted by Gasteiger charge is 2.41. The molecule has 1 unspecified atom stereocenters. The van der Waals surface area contributed by atoms with E-state index in [1.54, 1.807) is 0 Å². The van der Waals surface area contributed by atoms with Gasteiger partial charge in [0.15, 0.2) is 0 Å². The second-order valence-corrected chi connectivity index (χ2v) is 10.2. The minimum atomic E-state index is -3.36. The summed E-state index contributed by atoms with van der Waals surface area (Å²) in [6, 6.07) is 0. The lowest BCUT2D eigenvalue weighted by Crippen LogP contribution is -2.28. The molecule has 2 N–H and O–H groups in total. The summed E-state index contributed by atoms with van der Waals surface area (Å²) in [5.41, 5.74) is 0. The van der Waals surface area contributed by atoms with Gasteiger partial charge in [0.25, 0.3) is 0 Å². The van der Waals surface area contributed by atoms with Gasteiger partial charge < -0.3 is 19.5 Å². The third kappa shape index (κ3) is 13.3. The summed E-state index contributed by atoms with van der Waals surface area (Å²) in [5.74, 6) is -0.213. The Labute approximate surface area is 166 Å². The van der Waals surface area contributed by atoms with E-state index in [0.717, 1.165) is 38.5 Å². The van der Waals surface area contributed by atoms with Gasteiger partial charge >= 0.3 is 13.6 Å². The van der Waals surface area contributed by atoms with Crippen LogP contribution in [-0.2, 0) is 23.4 Å². The smallest absolute Gasteiger partial charge is 0.325 e. The van der Waals surface area contributed by atoms with Crippen molar-refractivity contribution in [2.24, 2.45) is 0 Å². The minimum absolute atomic E-state index is 0.0241. The third-order valence-corrected chi connectivity index (χ3v) is 6.73. The molecule has 1 amide bonds. The summed E-state index contributed by atoms with van der Waals surface area (Å²) in [7, 11) is -3.36. The maximum Gasteiger partial charge on any atom is 0.325 e. The number of carbonyl (C=O) groups is 2. The van der Waals surface area contributed by atoms with Crippen LogP contribution in [0.1, 0.15) is 64.2 Å². The number of rotatable bonds is 16. The van der Waals surface area contributed by atoms with Crippen molar-refractivity contribution >= 4 is 31.2 Å². The lowest BCUT2D eigenvalue weighted by atomic mass is 10.1. The van der Waals surface area contributed by atoms with E-state index in [9.17, 15) is 14.2 Å². The van der Waals surface area contributed by atoms with Crippen LogP contribution in [0, 0.1) is 0 Å². The number of esters is 1. The molecule has 0 aromatic carbocycles. The second-order valence-electron chi connectivity index (χ2n) is 7.11. The maximum absolute atomic E-state index is 11.8. The largest absolute Gasteiger partial charge is 0.464 e. The Morgan fingerprint density at radius 2 is 1.78 bits per heavy atom. The highest BCUT2D eigenvalue weighted by molar-refractivity contribution is 8.00. The van der Waals surface area contributed by atoms with E-state index in [2.05, 4.69) is 11.6 Å². The van der Waals surface area contributed by atoms with Gasteiger partial charge in [-0.15, -0.1) is 0 Å². The number of hydrogen-bond donors (Lipinski definition) is 2. The number of nitrogens with one attached hydrogen (secondary N) is 1. The second kappa shape index (κ2) is 12.8. The van der Waals surface area contributed by atoms with Crippen molar-refractivity contribution in [1.29, 1.82) is 0 Å². The first-order valence-corrected chi connectivity index (χ1v) is 12.9. The van der Waals surface area contributed by atoms with Gasteiger partial charge in [0.05, 0.1) is 13.2 Å². The molecule has 1 atom stereocenters. The number of carbonyl (C=O) groups excluding carboxylic acids is 2. The van der Waals surface area contributed by atoms with Gasteiger partial charge in [-0.3, -0.25) is 14.2 Å². The average molecular weight is 424 g/mol. The Kier molecular flexibility index (Phi) is 11.6. The van der Waals surface area contributed by atoms with Crippen LogP contribution >= 0.6 is 19.4 Å². The van der Waals surface area contributed by atoms with Crippen molar-refractivity contribution in [1.82, 2.24) is 5.32 Å². The standard InChI is InChI=1S/C18H34NO6PS/c1-26(22,23)25-14-7-5-3-4-6-8-17(21)24-15-13-19-16(20)9-10-18(27-2)11-12-18/h3-15H2,1-2H3,(H,19,20)(H,22,23). The number of hydrogen-bond acceptors (Lipinski definition) is 6. The number of amides is 1. The first-order valence-electron chi connectivity index (χ1n) is 9.69. The topological polar surface area (TPSA) is 102 Å². The molecule has 1 rings (SSSR count). The Balaban J connectivity index is 1.87. The van der Waals surface area contributed by atoms with E-state index in [4.69, 9.17) is 14.2 Å². The van der Waals surface area contributed by atoms with Gasteiger partial charge in [0, 0.05) is 24.3 Å². The molecule has 1 aliphatic carbocycles. The molecule has 158 valence electrons. The average Bonchev–Trinajstić information content (AvgIpc) is 3.39. The van der Waals surface area contributed by atoms with E-state index in [-0.39, 0.29) is 25.1 Å². The van der Waals surface area contributed by atoms with E-state index < -0.39 is 7.60 Å². The fourth-order valence-electron chi connectivity index (χ4n) is 2.69. The summed E-state index contributed by atoms with van der Waals surface area (Å²) in [4.78, 5) is 32.3. The van der Waals surface area contributed by atoms with E-state index in [0.29, 0.717) is 24.1 Å². The summed E-state index contributed by atoms with van der Waals surface area (Å²) in [6.07, 6.45) is 10.6. The first-order chi connectivity index (χ1) is 12.8. The number of thioether (sulfide) groups is 1. The van der Waals surface area contributed by atoms with Crippen molar-refractivity contribution in [2.75, 3.05) is 32.7 Å². The highest BCUT2D eigenvalue weighted by atomic mass is 32.2. The fourth-order valence-corrected chi connectivity index (χ4v) is 3.97. The summed E-state index contributed by atoms with van der Waals surface area (Å²) < 4.78 is 21.2. The molecule has 1 fully saturated rings. The van der Waals surface area contributed by atoms with Crippen molar-refractivity contribution in [3.8, 4) is 0 Å². The SMILES string of the molecule is CSC1(CCC(=O)NCCOC(=O)CCCCCCCOP(C)(=O)O)CC1. The molecule has 1 saturated carbocycles. The normalized spacial score (nSPS) is 17.1. The maximum atomic E-state index is 11.8. The zero-order chi connectivity index (χ0) is 20.2. The van der Waals surface area contributed by atoms with Crippen molar-refractivity contribution < 1.29 is 28.3 Å². The molecule has 0 saturated heterocycles. The number of unbranched alkanes of at least 4 members (excludes halogenated alkanes) is 4. The van der Waals surface area contributed by atoms with Crippen molar-refractivity contribution in [2.45, 2.75) is 69.0 Å². The van der Waals surface area contributed by atoms with Crippen molar-refractivity contribution in [3.05, 3.63) is 0 Å². The summed E-state index contributed by atoms with van der Waals surface area (Å²) in [6.45, 7) is 2.05. The van der Waals surface area contributed by atoms with Gasteiger partial charge in [0.1, 0.15) is 6.61 Å². The predicted molar refractivity (Wildman–Crippen MR) is 108 cm³/mol. The van der Waals surface area contributed by atoms with Crippen LogP contribution in [0.5, 0.6) is 0 Å². The van der Waals surface area contributed by atoms with Gasteiger partial charge in [-0.2, -0.15) is 11.8 Å². The van der Waals surface area contributed by atoms with Crippen LogP contribution in [0.2, 0.25) is 0 Å². The van der Waals surface area contributed by atoms with Crippen LogP contribution in [0.4, 0.5) is 0 Å². The zero-order valence-corrected chi connectivity index (χ0v) is 18.2. The molecule has 0 aromatic rings. The molecular weight excluding hydrogens is 389 g/mol. The van der Waals surface area contributed by atoms with Crippen LogP contribution < -0.4 is 5.32 Å². The molecule has 0 aromatic heterocycles. The fraction of sp³-hybridized carbons (Fsp3) is 0.889. The van der Waals surface area contributed by atoms with Gasteiger partial charge in [0.2, 0.25) is 5.91 Å². The number of ether oxygens (including phenoxy) is 1. The summed E-state index contributed by atoms with van der Waals surface area (Å²) >= 11 is 1.85. The Morgan fingerprint density at radius 3 is 2.41 bits per heavy atom. The predicted octanol–water partition coefficient (Wildman–Crippen LogP) is 3.49.